The van der Waals surface area contributed by atoms with E-state index in [4.69, 9.17) is 10.5 Å². The van der Waals surface area contributed by atoms with E-state index in [9.17, 15) is 29.1 Å². The number of nitrogens with zero attached hydrogens (tertiary/aromatic N) is 4. The van der Waals surface area contributed by atoms with Gasteiger partial charge in [-0.3, -0.25) is 14.4 Å². The molecule has 0 atom stereocenters. The summed E-state index contributed by atoms with van der Waals surface area (Å²) in [4.78, 5) is 69.5. The molecule has 5 amide bonds. The van der Waals surface area contributed by atoms with E-state index in [0.717, 1.165) is 34.2 Å². The van der Waals surface area contributed by atoms with Crippen molar-refractivity contribution in [2.45, 2.75) is 38.2 Å². The van der Waals surface area contributed by atoms with E-state index >= 15 is 0 Å². The molecule has 0 bridgehead atoms. The minimum absolute atomic E-state index is 0.100. The summed E-state index contributed by atoms with van der Waals surface area (Å²) in [7, 11) is 0. The lowest BCUT2D eigenvalue weighted by Gasteiger charge is -2.36. The summed E-state index contributed by atoms with van der Waals surface area (Å²) in [6.45, 7) is 4.17. The normalized spacial score (nSPS) is 14.9. The summed E-state index contributed by atoms with van der Waals surface area (Å²) in [5, 5.41) is 18.9. The maximum absolute atomic E-state index is 14.5. The lowest BCUT2D eigenvalue weighted by Crippen LogP contribution is -2.52. The van der Waals surface area contributed by atoms with Gasteiger partial charge in [-0.05, 0) is 80.2 Å². The molecule has 2 saturated heterocycles. The Morgan fingerprint density at radius 2 is 1.19 bits per heavy atom. The highest BCUT2D eigenvalue weighted by Crippen LogP contribution is 2.38. The number of carbonyl (C=O) groups is 5. The lowest BCUT2D eigenvalue weighted by atomic mass is 9.96. The predicted octanol–water partition coefficient (Wildman–Crippen LogP) is 7.48. The summed E-state index contributed by atoms with van der Waals surface area (Å²) in [6, 6.07) is 40.0. The Kier molecular flexibility index (Phi) is 14.8. The Morgan fingerprint density at radius 1 is 0.651 bits per heavy atom. The van der Waals surface area contributed by atoms with Crippen LogP contribution in [0.3, 0.4) is 0 Å². The fourth-order valence-corrected chi connectivity index (χ4v) is 8.16. The Hall–Kier alpha value is -7.03. The van der Waals surface area contributed by atoms with E-state index in [1.807, 2.05) is 84.9 Å². The SMILES string of the molecule is NC(=O)C1CCN(CCC(=O)Nc2cccc(C(=O)NCCN3CCC(OC(=O)N(c4ccccc4-c4ccccc4)N(C(=O)O)c4ccccc4-c4ccccc4)CC3)c2)CC1. The van der Waals surface area contributed by atoms with Crippen molar-refractivity contribution in [3.8, 4) is 22.3 Å². The average Bonchev–Trinajstić information content (AvgIpc) is 3.31. The third-order valence-corrected chi connectivity index (χ3v) is 11.6. The first-order chi connectivity index (χ1) is 30.6. The number of nitrogens with one attached hydrogen (secondary N) is 2. The molecule has 5 N–H and O–H groups in total. The van der Waals surface area contributed by atoms with Gasteiger partial charge in [0.05, 0.1) is 11.4 Å². The van der Waals surface area contributed by atoms with Crippen molar-refractivity contribution in [1.29, 1.82) is 0 Å². The number of para-hydroxylation sites is 2. The van der Waals surface area contributed by atoms with Crippen molar-refractivity contribution in [2.24, 2.45) is 11.7 Å². The zero-order chi connectivity index (χ0) is 44.1. The van der Waals surface area contributed by atoms with Crippen LogP contribution in [0.4, 0.5) is 26.7 Å². The second-order valence-electron chi connectivity index (χ2n) is 15.8. The first-order valence-corrected chi connectivity index (χ1v) is 21.4. The van der Waals surface area contributed by atoms with Crippen molar-refractivity contribution in [2.75, 3.05) is 61.1 Å². The predicted molar refractivity (Wildman–Crippen MR) is 243 cm³/mol. The van der Waals surface area contributed by atoms with Gasteiger partial charge in [0.15, 0.2) is 0 Å². The van der Waals surface area contributed by atoms with Gasteiger partial charge < -0.3 is 36.0 Å². The fraction of sp³-hybridized carbons (Fsp3) is 0.286. The molecule has 2 aliphatic heterocycles. The smallest absolute Gasteiger partial charge is 0.434 e. The minimum atomic E-state index is -1.36. The Bertz CT molecular complexity index is 2360. The zero-order valence-electron chi connectivity index (χ0n) is 35.1. The molecule has 0 aromatic heterocycles. The van der Waals surface area contributed by atoms with Crippen LogP contribution in [0.2, 0.25) is 0 Å². The topological polar surface area (TPSA) is 178 Å². The van der Waals surface area contributed by atoms with E-state index in [1.54, 1.807) is 48.5 Å². The molecular weight excluding hydrogens is 799 g/mol. The van der Waals surface area contributed by atoms with Gasteiger partial charge in [-0.2, -0.15) is 10.0 Å². The van der Waals surface area contributed by atoms with E-state index in [1.165, 1.54) is 0 Å². The van der Waals surface area contributed by atoms with Crippen LogP contribution in [-0.4, -0.2) is 96.7 Å². The van der Waals surface area contributed by atoms with Crippen LogP contribution in [0.15, 0.2) is 133 Å². The molecule has 0 unspecified atom stereocenters. The van der Waals surface area contributed by atoms with Crippen molar-refractivity contribution < 1.29 is 33.8 Å². The van der Waals surface area contributed by atoms with Crippen LogP contribution in [-0.2, 0) is 14.3 Å². The number of hydrogen-bond donors (Lipinski definition) is 4. The molecule has 14 heteroatoms. The number of carbonyl (C=O) groups excluding carboxylic acids is 4. The van der Waals surface area contributed by atoms with Gasteiger partial charge >= 0.3 is 12.2 Å². The van der Waals surface area contributed by atoms with Crippen molar-refractivity contribution in [1.82, 2.24) is 15.1 Å². The summed E-state index contributed by atoms with van der Waals surface area (Å²) in [6.07, 6.45) is 0.0400. The standard InChI is InChI=1S/C49H53N7O7/c50-46(58)37-22-28-53(29-23-37)32-26-45(57)52-39-17-11-16-38(34-39)47(59)51-27-33-54-30-24-40(25-31-54)63-49(62)56(44-21-10-8-19-42(44)36-14-5-2-6-15-36)55(48(60)61)43-20-9-7-18-41(43)35-12-3-1-4-13-35/h1-21,34,37,40H,22-33H2,(H2,50,58)(H,51,59)(H,52,57)(H,60,61). The zero-order valence-corrected chi connectivity index (χ0v) is 35.1. The fourth-order valence-electron chi connectivity index (χ4n) is 8.16. The number of hydrogen-bond acceptors (Lipinski definition) is 8. The molecule has 2 aliphatic rings. The molecule has 2 fully saturated rings. The number of carboxylic acid groups (broad SMARTS) is 1. The van der Waals surface area contributed by atoms with Gasteiger partial charge in [-0.25, -0.2) is 9.59 Å². The minimum Gasteiger partial charge on any atom is -0.463 e. The quantitative estimate of drug-likeness (QED) is 0.0825. The maximum Gasteiger partial charge on any atom is 0.434 e. The lowest BCUT2D eigenvalue weighted by molar-refractivity contribution is -0.123. The number of amides is 5. The molecule has 0 aliphatic carbocycles. The largest absolute Gasteiger partial charge is 0.463 e. The average molecular weight is 852 g/mol. The van der Waals surface area contributed by atoms with Crippen LogP contribution in [0, 0.1) is 5.92 Å². The Labute approximate surface area is 367 Å². The molecule has 2 heterocycles. The van der Waals surface area contributed by atoms with Crippen LogP contribution >= 0.6 is 0 Å². The second kappa shape index (κ2) is 21.2. The number of ether oxygens (including phenoxy) is 1. The number of benzene rings is 5. The van der Waals surface area contributed by atoms with E-state index in [0.29, 0.717) is 86.5 Å². The molecule has 326 valence electrons. The number of nitrogens with two attached hydrogens (primary N) is 1. The second-order valence-corrected chi connectivity index (χ2v) is 15.8. The molecule has 5 aromatic carbocycles. The molecule has 14 nitrogen and oxygen atoms in total. The number of likely N-dealkylation sites (tertiary alicyclic amines) is 2. The van der Waals surface area contributed by atoms with E-state index in [2.05, 4.69) is 20.4 Å². The first-order valence-electron chi connectivity index (χ1n) is 21.4. The molecule has 0 radical (unpaired) electrons. The summed E-state index contributed by atoms with van der Waals surface area (Å²) in [5.74, 6) is -0.787. The summed E-state index contributed by atoms with van der Waals surface area (Å²) in [5.41, 5.74) is 9.88. The molecule has 7 rings (SSSR count). The highest BCUT2D eigenvalue weighted by atomic mass is 16.6. The molecular formula is C49H53N7O7. The van der Waals surface area contributed by atoms with Crippen LogP contribution in [0.25, 0.3) is 22.3 Å². The monoisotopic (exact) mass is 851 g/mol. The van der Waals surface area contributed by atoms with E-state index in [-0.39, 0.29) is 35.7 Å². The third-order valence-electron chi connectivity index (χ3n) is 11.6. The molecule has 0 saturated carbocycles. The number of anilines is 3. The Balaban J connectivity index is 0.955. The van der Waals surface area contributed by atoms with Crippen LogP contribution in [0.5, 0.6) is 0 Å². The van der Waals surface area contributed by atoms with Gasteiger partial charge in [-0.1, -0.05) is 103 Å². The van der Waals surface area contributed by atoms with Crippen molar-refractivity contribution in [3.63, 3.8) is 0 Å². The van der Waals surface area contributed by atoms with E-state index < -0.39 is 18.3 Å². The number of piperidine rings is 2. The summed E-state index contributed by atoms with van der Waals surface area (Å²) >= 11 is 0. The first kappa shape index (κ1) is 44.0. The Morgan fingerprint density at radius 3 is 1.78 bits per heavy atom. The van der Waals surface area contributed by atoms with Gasteiger partial charge in [0.25, 0.3) is 5.91 Å². The highest BCUT2D eigenvalue weighted by molar-refractivity contribution is 6.06. The van der Waals surface area contributed by atoms with Gasteiger partial charge in [0, 0.05) is 67.4 Å². The van der Waals surface area contributed by atoms with Gasteiger partial charge in [0.1, 0.15) is 6.10 Å². The van der Waals surface area contributed by atoms with Crippen LogP contribution < -0.4 is 26.4 Å². The van der Waals surface area contributed by atoms with Crippen LogP contribution in [0.1, 0.15) is 42.5 Å². The maximum atomic E-state index is 14.5. The third kappa shape index (κ3) is 11.5. The summed E-state index contributed by atoms with van der Waals surface area (Å²) < 4.78 is 6.18. The number of hydrazine groups is 1. The highest BCUT2D eigenvalue weighted by Gasteiger charge is 2.36. The van der Waals surface area contributed by atoms with Crippen molar-refractivity contribution >= 4 is 47.0 Å². The van der Waals surface area contributed by atoms with Crippen molar-refractivity contribution in [3.05, 3.63) is 139 Å². The number of rotatable bonds is 14. The van der Waals surface area contributed by atoms with Gasteiger partial charge in [0.2, 0.25) is 11.8 Å². The van der Waals surface area contributed by atoms with Gasteiger partial charge in [-0.15, -0.1) is 0 Å². The molecule has 63 heavy (non-hydrogen) atoms. The number of primary amides is 1. The molecule has 0 spiro atoms. The molecule has 5 aromatic rings.